The molecule has 0 atom stereocenters. The SMILES string of the molecule is O=C1CCCN1CCCn1c(O)cc(=O)n(CCc2ccc(F)cc2)c1=O. The molecule has 2 aromatic rings. The molecule has 1 saturated heterocycles. The van der Waals surface area contributed by atoms with Gasteiger partial charge in [0.25, 0.3) is 5.56 Å². The van der Waals surface area contributed by atoms with Crippen molar-refractivity contribution in [1.82, 2.24) is 14.0 Å². The van der Waals surface area contributed by atoms with Gasteiger partial charge in [-0.05, 0) is 37.0 Å². The van der Waals surface area contributed by atoms with Gasteiger partial charge in [-0.2, -0.15) is 0 Å². The summed E-state index contributed by atoms with van der Waals surface area (Å²) in [5.74, 6) is -0.619. The van der Waals surface area contributed by atoms with E-state index in [9.17, 15) is 23.9 Å². The number of hydrogen-bond donors (Lipinski definition) is 1. The second-order valence-corrected chi connectivity index (χ2v) is 6.64. The molecule has 0 bridgehead atoms. The van der Waals surface area contributed by atoms with E-state index < -0.39 is 11.2 Å². The van der Waals surface area contributed by atoms with E-state index in [1.165, 1.54) is 12.1 Å². The van der Waals surface area contributed by atoms with E-state index in [0.717, 1.165) is 33.7 Å². The van der Waals surface area contributed by atoms with E-state index in [0.29, 0.717) is 25.8 Å². The number of nitrogens with zero attached hydrogens (tertiary/aromatic N) is 3. The Morgan fingerprint density at radius 1 is 1.00 bits per heavy atom. The average molecular weight is 375 g/mol. The summed E-state index contributed by atoms with van der Waals surface area (Å²) in [6, 6.07) is 6.88. The number of likely N-dealkylation sites (tertiary alicyclic amines) is 1. The van der Waals surface area contributed by atoms with Gasteiger partial charge >= 0.3 is 5.69 Å². The first-order valence-corrected chi connectivity index (χ1v) is 9.01. The van der Waals surface area contributed by atoms with E-state index in [-0.39, 0.29) is 30.7 Å². The quantitative estimate of drug-likeness (QED) is 0.786. The van der Waals surface area contributed by atoms with Crippen LogP contribution in [-0.4, -0.2) is 38.1 Å². The van der Waals surface area contributed by atoms with Gasteiger partial charge in [0.2, 0.25) is 11.8 Å². The first-order valence-electron chi connectivity index (χ1n) is 9.01. The topological polar surface area (TPSA) is 84.5 Å². The van der Waals surface area contributed by atoms with Crippen LogP contribution in [0.15, 0.2) is 39.9 Å². The van der Waals surface area contributed by atoms with E-state index >= 15 is 0 Å². The highest BCUT2D eigenvalue weighted by Crippen LogP contribution is 2.11. The predicted octanol–water partition coefficient (Wildman–Crippen LogP) is 1.11. The zero-order valence-corrected chi connectivity index (χ0v) is 14.9. The van der Waals surface area contributed by atoms with Crippen molar-refractivity contribution in [2.75, 3.05) is 13.1 Å². The smallest absolute Gasteiger partial charge is 0.333 e. The number of carbonyl (C=O) groups is 1. The van der Waals surface area contributed by atoms with E-state index in [4.69, 9.17) is 0 Å². The largest absolute Gasteiger partial charge is 0.494 e. The van der Waals surface area contributed by atoms with Gasteiger partial charge in [0.1, 0.15) is 5.82 Å². The van der Waals surface area contributed by atoms with Gasteiger partial charge in [-0.1, -0.05) is 12.1 Å². The minimum atomic E-state index is -0.588. The van der Waals surface area contributed by atoms with Gasteiger partial charge in [-0.15, -0.1) is 0 Å². The third kappa shape index (κ3) is 4.45. The Kier molecular flexibility index (Phi) is 5.73. The van der Waals surface area contributed by atoms with Gasteiger partial charge in [0, 0.05) is 32.6 Å². The summed E-state index contributed by atoms with van der Waals surface area (Å²) in [5.41, 5.74) is -0.365. The number of carbonyl (C=O) groups excluding carboxylic acids is 1. The molecule has 0 radical (unpaired) electrons. The molecule has 1 fully saturated rings. The molecule has 27 heavy (non-hydrogen) atoms. The number of benzene rings is 1. The molecule has 1 aromatic carbocycles. The Morgan fingerprint density at radius 3 is 2.41 bits per heavy atom. The monoisotopic (exact) mass is 375 g/mol. The maximum Gasteiger partial charge on any atom is 0.333 e. The summed E-state index contributed by atoms with van der Waals surface area (Å²) >= 11 is 0. The molecule has 2 heterocycles. The molecule has 8 heteroatoms. The van der Waals surface area contributed by atoms with Crippen LogP contribution < -0.4 is 11.2 Å². The highest BCUT2D eigenvalue weighted by molar-refractivity contribution is 5.77. The molecular formula is C19H22FN3O4. The standard InChI is InChI=1S/C19H22FN3O4/c20-15-6-4-14(5-7-15)8-12-23-18(26)13-17(25)22(19(23)27)11-2-10-21-9-1-3-16(21)24/h4-7,13,25H,1-3,8-12H2. The van der Waals surface area contributed by atoms with Crippen LogP contribution in [0.2, 0.25) is 0 Å². The summed E-state index contributed by atoms with van der Waals surface area (Å²) in [5, 5.41) is 9.98. The first-order chi connectivity index (χ1) is 13.0. The summed E-state index contributed by atoms with van der Waals surface area (Å²) in [6.45, 7) is 1.58. The van der Waals surface area contributed by atoms with Crippen molar-refractivity contribution < 1.29 is 14.3 Å². The van der Waals surface area contributed by atoms with Gasteiger partial charge in [-0.25, -0.2) is 9.18 Å². The van der Waals surface area contributed by atoms with Gasteiger partial charge in [0.05, 0.1) is 6.07 Å². The van der Waals surface area contributed by atoms with Crippen molar-refractivity contribution in [2.24, 2.45) is 0 Å². The fourth-order valence-electron chi connectivity index (χ4n) is 3.27. The summed E-state index contributed by atoms with van der Waals surface area (Å²) < 4.78 is 15.2. The maximum atomic E-state index is 13.0. The van der Waals surface area contributed by atoms with Crippen LogP contribution in [0, 0.1) is 5.82 Å². The lowest BCUT2D eigenvalue weighted by molar-refractivity contribution is -0.127. The number of hydrogen-bond acceptors (Lipinski definition) is 4. The number of amides is 1. The Balaban J connectivity index is 1.70. The highest BCUT2D eigenvalue weighted by Gasteiger charge is 2.19. The predicted molar refractivity (Wildman–Crippen MR) is 97.2 cm³/mol. The Hall–Kier alpha value is -2.90. The van der Waals surface area contributed by atoms with Crippen LogP contribution in [0.25, 0.3) is 0 Å². The summed E-state index contributed by atoms with van der Waals surface area (Å²) in [7, 11) is 0. The fraction of sp³-hybridized carbons (Fsp3) is 0.421. The third-order valence-corrected chi connectivity index (χ3v) is 4.78. The molecule has 0 unspecified atom stereocenters. The maximum absolute atomic E-state index is 13.0. The van der Waals surface area contributed by atoms with Crippen LogP contribution in [0.3, 0.4) is 0 Å². The molecule has 3 rings (SSSR count). The van der Waals surface area contributed by atoms with Crippen LogP contribution in [0.5, 0.6) is 5.88 Å². The van der Waals surface area contributed by atoms with Gasteiger partial charge < -0.3 is 10.0 Å². The third-order valence-electron chi connectivity index (χ3n) is 4.78. The Labute approximate surface area is 155 Å². The number of aryl methyl sites for hydroxylation is 1. The minimum Gasteiger partial charge on any atom is -0.494 e. The molecule has 0 spiro atoms. The van der Waals surface area contributed by atoms with E-state index in [1.807, 2.05) is 0 Å². The molecule has 1 amide bonds. The molecule has 1 N–H and O–H groups in total. The molecule has 1 aliphatic rings. The fourth-order valence-corrected chi connectivity index (χ4v) is 3.27. The zero-order chi connectivity index (χ0) is 19.4. The minimum absolute atomic E-state index is 0.107. The second kappa shape index (κ2) is 8.20. The van der Waals surface area contributed by atoms with Crippen LogP contribution in [-0.2, 0) is 24.3 Å². The second-order valence-electron chi connectivity index (χ2n) is 6.64. The van der Waals surface area contributed by atoms with Crippen molar-refractivity contribution in [3.8, 4) is 5.88 Å². The molecule has 7 nitrogen and oxygen atoms in total. The van der Waals surface area contributed by atoms with Gasteiger partial charge in [0.15, 0.2) is 0 Å². The molecule has 0 aliphatic carbocycles. The summed E-state index contributed by atoms with van der Waals surface area (Å²) in [4.78, 5) is 38.1. The normalized spacial score (nSPS) is 14.1. The van der Waals surface area contributed by atoms with Crippen molar-refractivity contribution in [2.45, 2.75) is 38.8 Å². The van der Waals surface area contributed by atoms with Gasteiger partial charge in [-0.3, -0.25) is 18.7 Å². The number of halogens is 1. The molecule has 144 valence electrons. The Morgan fingerprint density at radius 2 is 1.74 bits per heavy atom. The molecule has 1 aliphatic heterocycles. The van der Waals surface area contributed by atoms with E-state index in [2.05, 4.69) is 0 Å². The lowest BCUT2D eigenvalue weighted by Crippen LogP contribution is -2.40. The molecular weight excluding hydrogens is 353 g/mol. The Bertz CT molecular complexity index is 933. The highest BCUT2D eigenvalue weighted by atomic mass is 19.1. The molecule has 0 saturated carbocycles. The number of aromatic nitrogens is 2. The van der Waals surface area contributed by atoms with Crippen molar-refractivity contribution in [1.29, 1.82) is 0 Å². The number of aromatic hydroxyl groups is 1. The van der Waals surface area contributed by atoms with Crippen molar-refractivity contribution in [3.63, 3.8) is 0 Å². The first kappa shape index (κ1) is 18.9. The van der Waals surface area contributed by atoms with Crippen LogP contribution in [0.1, 0.15) is 24.8 Å². The average Bonchev–Trinajstić information content (AvgIpc) is 3.04. The van der Waals surface area contributed by atoms with Crippen molar-refractivity contribution in [3.05, 3.63) is 62.6 Å². The van der Waals surface area contributed by atoms with Crippen LogP contribution in [0.4, 0.5) is 4.39 Å². The molecule has 1 aromatic heterocycles. The van der Waals surface area contributed by atoms with Crippen LogP contribution >= 0.6 is 0 Å². The summed E-state index contributed by atoms with van der Waals surface area (Å²) in [6.07, 6.45) is 2.30. The lowest BCUT2D eigenvalue weighted by Gasteiger charge is -2.16. The van der Waals surface area contributed by atoms with Crippen molar-refractivity contribution >= 4 is 5.91 Å². The zero-order valence-electron chi connectivity index (χ0n) is 14.9. The van der Waals surface area contributed by atoms with E-state index in [1.54, 1.807) is 17.0 Å². The number of rotatable bonds is 7. The lowest BCUT2D eigenvalue weighted by atomic mass is 10.1.